The quantitative estimate of drug-likeness (QED) is 0.858. The molecule has 2 N–H and O–H groups in total. The molecule has 20 heavy (non-hydrogen) atoms. The number of hydrogen-bond acceptors (Lipinski definition) is 2. The van der Waals surface area contributed by atoms with Crippen LogP contribution in [0.5, 0.6) is 0 Å². The second kappa shape index (κ2) is 6.04. The molecule has 1 aromatic carbocycles. The summed E-state index contributed by atoms with van der Waals surface area (Å²) in [7, 11) is 0. The maximum absolute atomic E-state index is 12.5. The Bertz CT molecular complexity index is 487. The summed E-state index contributed by atoms with van der Waals surface area (Å²) in [5.41, 5.74) is 7.34. The molecule has 0 spiro atoms. The molecule has 0 unspecified atom stereocenters. The summed E-state index contributed by atoms with van der Waals surface area (Å²) in [5, 5.41) is 0.552. The minimum Gasteiger partial charge on any atom is -0.398 e. The third-order valence-corrected chi connectivity index (χ3v) is 5.09. The van der Waals surface area contributed by atoms with Crippen LogP contribution in [0.25, 0.3) is 0 Å². The van der Waals surface area contributed by atoms with Gasteiger partial charge in [-0.2, -0.15) is 0 Å². The highest BCUT2D eigenvalue weighted by atomic mass is 35.5. The van der Waals surface area contributed by atoms with Crippen LogP contribution < -0.4 is 5.73 Å². The molecule has 0 saturated carbocycles. The summed E-state index contributed by atoms with van der Waals surface area (Å²) in [5.74, 6) is 0.00538. The molecule has 1 heterocycles. The van der Waals surface area contributed by atoms with Crippen molar-refractivity contribution in [3.63, 3.8) is 0 Å². The first kappa shape index (κ1) is 15.2. The predicted molar refractivity (Wildman–Crippen MR) is 84.0 cm³/mol. The van der Waals surface area contributed by atoms with Gasteiger partial charge in [-0.1, -0.05) is 38.3 Å². The Hall–Kier alpha value is -1.22. The summed E-state index contributed by atoms with van der Waals surface area (Å²) in [6.07, 6.45) is 4.52. The van der Waals surface area contributed by atoms with Crippen molar-refractivity contribution in [1.82, 2.24) is 4.90 Å². The number of nitrogens with two attached hydrogens (primary N) is 1. The highest BCUT2D eigenvalue weighted by Crippen LogP contribution is 2.38. The normalized spacial score (nSPS) is 18.1. The Kier molecular flexibility index (Phi) is 4.59. The van der Waals surface area contributed by atoms with Crippen molar-refractivity contribution in [2.45, 2.75) is 39.5 Å². The number of benzene rings is 1. The molecule has 0 bridgehead atoms. The number of anilines is 1. The van der Waals surface area contributed by atoms with Crippen molar-refractivity contribution in [2.24, 2.45) is 5.41 Å². The minimum atomic E-state index is 0.00538. The van der Waals surface area contributed by atoms with E-state index in [9.17, 15) is 4.79 Å². The van der Waals surface area contributed by atoms with Gasteiger partial charge in [0.15, 0.2) is 0 Å². The molecule has 0 radical (unpaired) electrons. The van der Waals surface area contributed by atoms with Crippen LogP contribution in [0.2, 0.25) is 5.02 Å². The minimum absolute atomic E-state index is 0.00538. The van der Waals surface area contributed by atoms with Crippen LogP contribution in [0.1, 0.15) is 49.9 Å². The Balaban J connectivity index is 2.10. The number of carbonyl (C=O) groups is 1. The molecule has 4 heteroatoms. The van der Waals surface area contributed by atoms with E-state index < -0.39 is 0 Å². The van der Waals surface area contributed by atoms with Gasteiger partial charge in [-0.25, -0.2) is 0 Å². The lowest BCUT2D eigenvalue weighted by atomic mass is 9.74. The van der Waals surface area contributed by atoms with E-state index in [1.165, 1.54) is 12.8 Å². The smallest absolute Gasteiger partial charge is 0.255 e. The van der Waals surface area contributed by atoms with Crippen molar-refractivity contribution in [3.8, 4) is 0 Å². The molecule has 1 saturated heterocycles. The zero-order chi connectivity index (χ0) is 14.8. The lowest BCUT2D eigenvalue weighted by Crippen LogP contribution is -2.43. The summed E-state index contributed by atoms with van der Waals surface area (Å²) < 4.78 is 0. The number of hydrogen-bond donors (Lipinski definition) is 1. The standard InChI is InChI=1S/C16H23ClN2O/c1-3-16(4-2)7-9-19(10-8-16)15(20)13-11-12(17)5-6-14(13)18/h5-6,11H,3-4,7-10,18H2,1-2H3. The molecule has 1 aromatic rings. The first-order chi connectivity index (χ1) is 9.51. The number of likely N-dealkylation sites (tertiary alicyclic amines) is 1. The first-order valence-corrected chi connectivity index (χ1v) is 7.73. The van der Waals surface area contributed by atoms with Gasteiger partial charge in [0.25, 0.3) is 5.91 Å². The highest BCUT2D eigenvalue weighted by Gasteiger charge is 2.33. The van der Waals surface area contributed by atoms with E-state index in [-0.39, 0.29) is 5.91 Å². The average Bonchev–Trinajstić information content (AvgIpc) is 2.49. The Labute approximate surface area is 126 Å². The molecular formula is C16H23ClN2O. The fourth-order valence-corrected chi connectivity index (χ4v) is 3.20. The second-order valence-corrected chi connectivity index (χ2v) is 6.17. The molecule has 1 aliphatic heterocycles. The zero-order valence-electron chi connectivity index (χ0n) is 12.3. The van der Waals surface area contributed by atoms with Crippen molar-refractivity contribution in [2.75, 3.05) is 18.8 Å². The molecule has 0 aromatic heterocycles. The van der Waals surface area contributed by atoms with Gasteiger partial charge in [-0.3, -0.25) is 4.79 Å². The monoisotopic (exact) mass is 294 g/mol. The first-order valence-electron chi connectivity index (χ1n) is 7.35. The van der Waals surface area contributed by atoms with Crippen LogP contribution in [-0.4, -0.2) is 23.9 Å². The van der Waals surface area contributed by atoms with Crippen molar-refractivity contribution >= 4 is 23.2 Å². The lowest BCUT2D eigenvalue weighted by molar-refractivity contribution is 0.0559. The topological polar surface area (TPSA) is 46.3 Å². The van der Waals surface area contributed by atoms with Gasteiger partial charge >= 0.3 is 0 Å². The molecular weight excluding hydrogens is 272 g/mol. The van der Waals surface area contributed by atoms with Gasteiger partial charge in [-0.15, -0.1) is 0 Å². The number of halogens is 1. The van der Waals surface area contributed by atoms with Gasteiger partial charge in [0.1, 0.15) is 0 Å². The fourth-order valence-electron chi connectivity index (χ4n) is 3.03. The molecule has 0 atom stereocenters. The number of rotatable bonds is 3. The van der Waals surface area contributed by atoms with Crippen LogP contribution >= 0.6 is 11.6 Å². The van der Waals surface area contributed by atoms with E-state index in [1.54, 1.807) is 18.2 Å². The SMILES string of the molecule is CCC1(CC)CCN(C(=O)c2cc(Cl)ccc2N)CC1. The Morgan fingerprint density at radius 3 is 2.45 bits per heavy atom. The van der Waals surface area contributed by atoms with Gasteiger partial charge in [0.05, 0.1) is 5.56 Å². The second-order valence-electron chi connectivity index (χ2n) is 5.73. The third kappa shape index (κ3) is 2.93. The molecule has 110 valence electrons. The lowest BCUT2D eigenvalue weighted by Gasteiger charge is -2.41. The van der Waals surface area contributed by atoms with Crippen molar-refractivity contribution in [3.05, 3.63) is 28.8 Å². The predicted octanol–water partition coefficient (Wildman–Crippen LogP) is 3.96. The summed E-state index contributed by atoms with van der Waals surface area (Å²) in [6.45, 7) is 6.12. The molecule has 0 aliphatic carbocycles. The number of piperidine rings is 1. The van der Waals surface area contributed by atoms with E-state index in [0.717, 1.165) is 25.9 Å². The number of nitrogens with zero attached hydrogens (tertiary/aromatic N) is 1. The van der Waals surface area contributed by atoms with Crippen LogP contribution in [-0.2, 0) is 0 Å². The van der Waals surface area contributed by atoms with E-state index in [0.29, 0.717) is 21.7 Å². The number of nitrogen functional groups attached to an aromatic ring is 1. The fraction of sp³-hybridized carbons (Fsp3) is 0.562. The van der Waals surface area contributed by atoms with E-state index >= 15 is 0 Å². The molecule has 2 rings (SSSR count). The van der Waals surface area contributed by atoms with Crippen molar-refractivity contribution < 1.29 is 4.79 Å². The van der Waals surface area contributed by atoms with Crippen molar-refractivity contribution in [1.29, 1.82) is 0 Å². The third-order valence-electron chi connectivity index (χ3n) is 4.86. The summed E-state index contributed by atoms with van der Waals surface area (Å²) in [6, 6.07) is 5.08. The van der Waals surface area contributed by atoms with Gasteiger partial charge < -0.3 is 10.6 Å². The van der Waals surface area contributed by atoms with E-state index in [2.05, 4.69) is 13.8 Å². The van der Waals surface area contributed by atoms with Crippen LogP contribution in [0.15, 0.2) is 18.2 Å². The van der Waals surface area contributed by atoms with Crippen LogP contribution in [0, 0.1) is 5.41 Å². The Morgan fingerprint density at radius 2 is 1.90 bits per heavy atom. The maximum atomic E-state index is 12.5. The zero-order valence-corrected chi connectivity index (χ0v) is 13.0. The van der Waals surface area contributed by atoms with Crippen LogP contribution in [0.3, 0.4) is 0 Å². The number of carbonyl (C=O) groups excluding carboxylic acids is 1. The summed E-state index contributed by atoms with van der Waals surface area (Å²) >= 11 is 5.96. The van der Waals surface area contributed by atoms with E-state index in [4.69, 9.17) is 17.3 Å². The molecule has 3 nitrogen and oxygen atoms in total. The molecule has 1 amide bonds. The highest BCUT2D eigenvalue weighted by molar-refractivity contribution is 6.31. The Morgan fingerprint density at radius 1 is 1.30 bits per heavy atom. The van der Waals surface area contributed by atoms with E-state index in [1.807, 2.05) is 4.90 Å². The van der Waals surface area contributed by atoms with Gasteiger partial charge in [0, 0.05) is 23.8 Å². The summed E-state index contributed by atoms with van der Waals surface area (Å²) in [4.78, 5) is 14.5. The molecule has 1 fully saturated rings. The molecule has 1 aliphatic rings. The number of amides is 1. The maximum Gasteiger partial charge on any atom is 0.255 e. The van der Waals surface area contributed by atoms with Gasteiger partial charge in [0.2, 0.25) is 0 Å². The average molecular weight is 295 g/mol. The van der Waals surface area contributed by atoms with Gasteiger partial charge in [-0.05, 0) is 36.5 Å². The van der Waals surface area contributed by atoms with Crippen LogP contribution in [0.4, 0.5) is 5.69 Å². The largest absolute Gasteiger partial charge is 0.398 e.